The van der Waals surface area contributed by atoms with Crippen LogP contribution >= 0.6 is 11.3 Å². The van der Waals surface area contributed by atoms with E-state index in [4.69, 9.17) is 9.40 Å². The molecule has 2 aromatic heterocycles. The number of carbonyl (C=O) groups excluding carboxylic acids is 2. The summed E-state index contributed by atoms with van der Waals surface area (Å²) in [7, 11) is 0. The Kier molecular flexibility index (Phi) is 6.81. The van der Waals surface area contributed by atoms with Crippen LogP contribution in [0, 0.1) is 0 Å². The van der Waals surface area contributed by atoms with Gasteiger partial charge in [0.1, 0.15) is 5.76 Å². The van der Waals surface area contributed by atoms with Gasteiger partial charge in [0.15, 0.2) is 0 Å². The van der Waals surface area contributed by atoms with Gasteiger partial charge in [-0.25, -0.2) is 4.98 Å². The number of thiazole rings is 1. The van der Waals surface area contributed by atoms with E-state index in [1.807, 2.05) is 17.9 Å². The summed E-state index contributed by atoms with van der Waals surface area (Å²) in [4.78, 5) is 30.4. The lowest BCUT2D eigenvalue weighted by atomic mass is 9.98. The van der Waals surface area contributed by atoms with Crippen LogP contribution in [0.3, 0.4) is 0 Å². The highest BCUT2D eigenvalue weighted by atomic mass is 32.1. The fourth-order valence-corrected chi connectivity index (χ4v) is 4.09. The van der Waals surface area contributed by atoms with Crippen molar-refractivity contribution in [3.8, 4) is 0 Å². The molecular formula is C20H25N3O3S. The zero-order valence-electron chi connectivity index (χ0n) is 15.5. The fraction of sp³-hybridized carbons (Fsp3) is 0.450. The van der Waals surface area contributed by atoms with Gasteiger partial charge >= 0.3 is 0 Å². The number of hydrogen-bond acceptors (Lipinski definition) is 5. The second-order valence-corrected chi connectivity index (χ2v) is 7.49. The fourth-order valence-electron chi connectivity index (χ4n) is 3.10. The monoisotopic (exact) mass is 387 g/mol. The Morgan fingerprint density at radius 1 is 1.48 bits per heavy atom. The molecular weight excluding hydrogens is 362 g/mol. The minimum absolute atomic E-state index is 0.00941. The minimum Gasteiger partial charge on any atom is -0.465 e. The number of likely N-dealkylation sites (tertiary alicyclic amines) is 1. The second-order valence-electron chi connectivity index (χ2n) is 6.60. The molecule has 0 spiro atoms. The molecule has 1 aliphatic heterocycles. The third-order valence-electron chi connectivity index (χ3n) is 4.61. The van der Waals surface area contributed by atoms with Crippen LogP contribution < -0.4 is 5.32 Å². The minimum atomic E-state index is 0.00941. The van der Waals surface area contributed by atoms with Crippen molar-refractivity contribution in [2.75, 3.05) is 19.6 Å². The average molecular weight is 388 g/mol. The normalized spacial score (nSPS) is 17.4. The second kappa shape index (κ2) is 9.50. The van der Waals surface area contributed by atoms with E-state index < -0.39 is 0 Å². The number of nitrogens with one attached hydrogen (secondary N) is 1. The number of amides is 2. The number of nitrogens with zero attached hydrogens (tertiary/aromatic N) is 2. The van der Waals surface area contributed by atoms with E-state index in [-0.39, 0.29) is 17.7 Å². The standard InChI is InChI=1S/C20H25N3O3S/c1-2-18(24)21-10-9-16-14-27-20(22-16)15-5-3-11-23(13-15)19(25)8-7-17-6-4-12-26-17/h4,6-8,12,14-15H,2-3,5,9-11,13H2,1H3,(H,21,24)/b8-7+. The van der Waals surface area contributed by atoms with Crippen LogP contribution in [0.25, 0.3) is 6.08 Å². The van der Waals surface area contributed by atoms with Crippen molar-refractivity contribution < 1.29 is 14.0 Å². The summed E-state index contributed by atoms with van der Waals surface area (Å²) in [5.74, 6) is 1.03. The predicted octanol–water partition coefficient (Wildman–Crippen LogP) is 3.22. The molecule has 1 unspecified atom stereocenters. The molecule has 1 fully saturated rings. The summed E-state index contributed by atoms with van der Waals surface area (Å²) in [6.07, 6.45) is 8.14. The zero-order valence-corrected chi connectivity index (χ0v) is 16.3. The van der Waals surface area contributed by atoms with Gasteiger partial charge in [-0.1, -0.05) is 6.92 Å². The third-order valence-corrected chi connectivity index (χ3v) is 5.67. The molecule has 0 aliphatic carbocycles. The summed E-state index contributed by atoms with van der Waals surface area (Å²) in [5, 5.41) is 6.02. The summed E-state index contributed by atoms with van der Waals surface area (Å²) >= 11 is 1.65. The molecule has 0 saturated carbocycles. The SMILES string of the molecule is CCC(=O)NCCc1csc(C2CCCN(C(=O)/C=C/c3ccco3)C2)n1. The number of carbonyl (C=O) groups is 2. The van der Waals surface area contributed by atoms with Gasteiger partial charge in [0, 0.05) is 49.8 Å². The van der Waals surface area contributed by atoms with E-state index >= 15 is 0 Å². The summed E-state index contributed by atoms with van der Waals surface area (Å²) in [6, 6.07) is 3.62. The lowest BCUT2D eigenvalue weighted by Gasteiger charge is -2.31. The van der Waals surface area contributed by atoms with Gasteiger partial charge in [-0.2, -0.15) is 0 Å². The first kappa shape index (κ1) is 19.4. The summed E-state index contributed by atoms with van der Waals surface area (Å²) in [6.45, 7) is 3.93. The largest absolute Gasteiger partial charge is 0.465 e. The molecule has 7 heteroatoms. The van der Waals surface area contributed by atoms with Crippen molar-refractivity contribution in [3.63, 3.8) is 0 Å². The van der Waals surface area contributed by atoms with Gasteiger partial charge in [-0.15, -0.1) is 11.3 Å². The first-order chi connectivity index (χ1) is 13.2. The topological polar surface area (TPSA) is 75.4 Å². The summed E-state index contributed by atoms with van der Waals surface area (Å²) < 4.78 is 5.23. The molecule has 1 saturated heterocycles. The van der Waals surface area contributed by atoms with Crippen molar-refractivity contribution in [2.45, 2.75) is 38.5 Å². The van der Waals surface area contributed by atoms with Crippen LogP contribution in [0.5, 0.6) is 0 Å². The molecule has 3 heterocycles. The molecule has 27 heavy (non-hydrogen) atoms. The van der Waals surface area contributed by atoms with Crippen LogP contribution in [-0.4, -0.2) is 41.3 Å². The van der Waals surface area contributed by atoms with Gasteiger partial charge in [-0.3, -0.25) is 9.59 Å². The molecule has 2 amide bonds. The Morgan fingerprint density at radius 2 is 2.37 bits per heavy atom. The van der Waals surface area contributed by atoms with Crippen LogP contribution in [0.1, 0.15) is 48.6 Å². The van der Waals surface area contributed by atoms with Gasteiger partial charge in [0.2, 0.25) is 11.8 Å². The number of rotatable bonds is 7. The Balaban J connectivity index is 1.53. The van der Waals surface area contributed by atoms with Gasteiger partial charge in [0.05, 0.1) is 17.0 Å². The maximum absolute atomic E-state index is 12.4. The molecule has 0 aromatic carbocycles. The Labute approximate surface area is 163 Å². The van der Waals surface area contributed by atoms with Crippen LogP contribution in [0.2, 0.25) is 0 Å². The average Bonchev–Trinajstić information content (AvgIpc) is 3.38. The highest BCUT2D eigenvalue weighted by Crippen LogP contribution is 2.29. The molecule has 144 valence electrons. The van der Waals surface area contributed by atoms with Crippen LogP contribution in [-0.2, 0) is 16.0 Å². The van der Waals surface area contributed by atoms with E-state index in [2.05, 4.69) is 10.7 Å². The van der Waals surface area contributed by atoms with E-state index in [9.17, 15) is 9.59 Å². The third kappa shape index (κ3) is 5.53. The Hall–Kier alpha value is -2.41. The van der Waals surface area contributed by atoms with E-state index in [1.54, 1.807) is 35.8 Å². The molecule has 3 rings (SSSR count). The van der Waals surface area contributed by atoms with E-state index in [0.717, 1.165) is 36.5 Å². The number of hydrogen-bond donors (Lipinski definition) is 1. The van der Waals surface area contributed by atoms with Crippen molar-refractivity contribution in [1.29, 1.82) is 0 Å². The predicted molar refractivity (Wildman–Crippen MR) is 105 cm³/mol. The summed E-state index contributed by atoms with van der Waals surface area (Å²) in [5.41, 5.74) is 1.01. The molecule has 6 nitrogen and oxygen atoms in total. The molecule has 1 aliphatic rings. The van der Waals surface area contributed by atoms with Gasteiger partial charge in [0.25, 0.3) is 0 Å². The van der Waals surface area contributed by atoms with Crippen molar-refractivity contribution in [3.05, 3.63) is 46.3 Å². The number of piperidine rings is 1. The van der Waals surface area contributed by atoms with Crippen LogP contribution in [0.4, 0.5) is 0 Å². The lowest BCUT2D eigenvalue weighted by molar-refractivity contribution is -0.127. The number of furan rings is 1. The molecule has 2 aromatic rings. The van der Waals surface area contributed by atoms with Crippen molar-refractivity contribution in [2.24, 2.45) is 0 Å². The lowest BCUT2D eigenvalue weighted by Crippen LogP contribution is -2.38. The first-order valence-corrected chi connectivity index (χ1v) is 10.2. The molecule has 1 atom stereocenters. The molecule has 0 radical (unpaired) electrons. The van der Waals surface area contributed by atoms with E-state index in [1.165, 1.54) is 0 Å². The first-order valence-electron chi connectivity index (χ1n) is 9.37. The Morgan fingerprint density at radius 3 is 3.15 bits per heavy atom. The van der Waals surface area contributed by atoms with E-state index in [0.29, 0.717) is 25.3 Å². The van der Waals surface area contributed by atoms with Crippen molar-refractivity contribution in [1.82, 2.24) is 15.2 Å². The molecule has 1 N–H and O–H groups in total. The highest BCUT2D eigenvalue weighted by molar-refractivity contribution is 7.09. The maximum Gasteiger partial charge on any atom is 0.246 e. The Bertz CT molecular complexity index is 782. The quantitative estimate of drug-likeness (QED) is 0.740. The molecule has 0 bridgehead atoms. The maximum atomic E-state index is 12.4. The smallest absolute Gasteiger partial charge is 0.246 e. The van der Waals surface area contributed by atoms with Gasteiger partial charge in [-0.05, 0) is 31.1 Å². The number of aromatic nitrogens is 1. The highest BCUT2D eigenvalue weighted by Gasteiger charge is 2.25. The van der Waals surface area contributed by atoms with Crippen LogP contribution in [0.15, 0.2) is 34.3 Å². The van der Waals surface area contributed by atoms with Crippen molar-refractivity contribution >= 4 is 29.2 Å². The zero-order chi connectivity index (χ0) is 19.1. The van der Waals surface area contributed by atoms with Gasteiger partial charge < -0.3 is 14.6 Å².